The lowest BCUT2D eigenvalue weighted by Crippen LogP contribution is -2.25. The van der Waals surface area contributed by atoms with Crippen molar-refractivity contribution in [1.29, 1.82) is 0 Å². The number of hydrazone groups is 1. The number of cyclic esters (lactones) is 1. The second-order valence-corrected chi connectivity index (χ2v) is 6.40. The lowest BCUT2D eigenvalue weighted by Gasteiger charge is -2.14. The molecule has 30 heavy (non-hydrogen) atoms. The number of anilines is 2. The molecule has 4 rings (SSSR count). The Labute approximate surface area is 170 Å². The first-order chi connectivity index (χ1) is 14.6. The number of rotatable bonds is 6. The number of ether oxygens (including phenoxy) is 1. The third-order valence-corrected chi connectivity index (χ3v) is 4.40. The zero-order chi connectivity index (χ0) is 20.9. The topological polar surface area (TPSA) is 113 Å². The third kappa shape index (κ3) is 4.23. The van der Waals surface area contributed by atoms with E-state index in [9.17, 15) is 9.18 Å². The monoisotopic (exact) mass is 408 g/mol. The van der Waals surface area contributed by atoms with Gasteiger partial charge in [-0.25, -0.2) is 19.2 Å². The lowest BCUT2D eigenvalue weighted by atomic mass is 10.1. The molecule has 1 aliphatic rings. The largest absolute Gasteiger partial charge is 0.441 e. The average molecular weight is 408 g/mol. The Bertz CT molecular complexity index is 1060. The van der Waals surface area contributed by atoms with E-state index >= 15 is 0 Å². The van der Waals surface area contributed by atoms with E-state index < -0.39 is 18.0 Å². The van der Waals surface area contributed by atoms with Gasteiger partial charge in [0.25, 0.3) is 0 Å². The molecule has 3 heterocycles. The zero-order valence-corrected chi connectivity index (χ0v) is 15.6. The number of aliphatic hydroxyl groups excluding tert-OH is 1. The van der Waals surface area contributed by atoms with Gasteiger partial charge in [0.05, 0.1) is 30.7 Å². The standard InChI is InChI=1S/C20H17FN6O3/c21-18-7-15(27-10-16(11-28)30-20(27)29)3-4-17(18)13-1-2-14(23-8-13)9-25-26-19-5-6-22-12-24-19/h1-9,12,16,28H,10-11H2,(H,22,24,26)/b25-9+/t16-/m1/s1. The second-order valence-electron chi connectivity index (χ2n) is 6.40. The maximum atomic E-state index is 14.7. The predicted molar refractivity (Wildman–Crippen MR) is 108 cm³/mol. The number of carbonyl (C=O) groups is 1. The molecular formula is C20H17FN6O3. The summed E-state index contributed by atoms with van der Waals surface area (Å²) in [6.07, 6.45) is 4.83. The second kappa shape index (κ2) is 8.62. The van der Waals surface area contributed by atoms with Crippen LogP contribution in [-0.2, 0) is 4.74 Å². The molecule has 1 atom stereocenters. The Morgan fingerprint density at radius 3 is 2.87 bits per heavy atom. The molecule has 3 aromatic rings. The smallest absolute Gasteiger partial charge is 0.414 e. The van der Waals surface area contributed by atoms with Crippen LogP contribution in [0.25, 0.3) is 11.1 Å². The summed E-state index contributed by atoms with van der Waals surface area (Å²) in [5.41, 5.74) is 4.62. The summed E-state index contributed by atoms with van der Waals surface area (Å²) in [5, 5.41) is 13.2. The van der Waals surface area contributed by atoms with Crippen LogP contribution in [0.15, 0.2) is 60.2 Å². The van der Waals surface area contributed by atoms with Crippen LogP contribution < -0.4 is 10.3 Å². The van der Waals surface area contributed by atoms with Crippen LogP contribution in [0.2, 0.25) is 0 Å². The maximum absolute atomic E-state index is 14.7. The van der Waals surface area contributed by atoms with Crippen LogP contribution >= 0.6 is 0 Å². The van der Waals surface area contributed by atoms with E-state index in [1.54, 1.807) is 36.5 Å². The van der Waals surface area contributed by atoms with Crippen LogP contribution in [0.5, 0.6) is 0 Å². The Morgan fingerprint density at radius 2 is 2.20 bits per heavy atom. The SMILES string of the molecule is O=C1O[C@@H](CO)CN1c1ccc(-c2ccc(/C=N/Nc3ccncn3)nc2)c(F)c1. The normalized spacial score (nSPS) is 16.1. The Kier molecular flexibility index (Phi) is 5.57. The number of aliphatic hydroxyl groups is 1. The molecule has 1 aromatic carbocycles. The van der Waals surface area contributed by atoms with Gasteiger partial charge in [0.2, 0.25) is 0 Å². The number of hydrogen-bond donors (Lipinski definition) is 2. The Balaban J connectivity index is 1.46. The fourth-order valence-corrected chi connectivity index (χ4v) is 2.90. The number of nitrogens with zero attached hydrogens (tertiary/aromatic N) is 5. The van der Waals surface area contributed by atoms with E-state index in [0.717, 1.165) is 0 Å². The molecule has 1 saturated heterocycles. The molecule has 1 aliphatic heterocycles. The molecular weight excluding hydrogens is 391 g/mol. The van der Waals surface area contributed by atoms with Crippen LogP contribution in [0.4, 0.5) is 20.7 Å². The number of carbonyl (C=O) groups excluding carboxylic acids is 1. The summed E-state index contributed by atoms with van der Waals surface area (Å²) in [4.78, 5) is 25.2. The Hall–Kier alpha value is -3.92. The number of pyridine rings is 1. The van der Waals surface area contributed by atoms with Crippen molar-refractivity contribution in [2.75, 3.05) is 23.5 Å². The molecule has 2 N–H and O–H groups in total. The first-order valence-electron chi connectivity index (χ1n) is 9.04. The van der Waals surface area contributed by atoms with Crippen molar-refractivity contribution in [2.45, 2.75) is 6.10 Å². The first kappa shape index (κ1) is 19.4. The number of amides is 1. The van der Waals surface area contributed by atoms with Crippen molar-refractivity contribution in [2.24, 2.45) is 5.10 Å². The van der Waals surface area contributed by atoms with Gasteiger partial charge in [-0.3, -0.25) is 15.3 Å². The van der Waals surface area contributed by atoms with E-state index in [-0.39, 0.29) is 13.2 Å². The molecule has 0 bridgehead atoms. The van der Waals surface area contributed by atoms with Gasteiger partial charge in [-0.2, -0.15) is 5.10 Å². The number of aromatic nitrogens is 3. The van der Waals surface area contributed by atoms with Crippen LogP contribution in [0.1, 0.15) is 5.69 Å². The van der Waals surface area contributed by atoms with Crippen molar-refractivity contribution in [3.63, 3.8) is 0 Å². The number of benzene rings is 1. The quantitative estimate of drug-likeness (QED) is 0.476. The fraction of sp³-hybridized carbons (Fsp3) is 0.150. The van der Waals surface area contributed by atoms with Gasteiger partial charge >= 0.3 is 6.09 Å². The first-order valence-corrected chi connectivity index (χ1v) is 9.04. The van der Waals surface area contributed by atoms with Crippen LogP contribution in [0, 0.1) is 5.82 Å². The van der Waals surface area contributed by atoms with Crippen LogP contribution in [0.3, 0.4) is 0 Å². The molecule has 0 radical (unpaired) electrons. The highest BCUT2D eigenvalue weighted by atomic mass is 19.1. The molecule has 0 unspecified atom stereocenters. The van der Waals surface area contributed by atoms with Gasteiger partial charge < -0.3 is 9.84 Å². The molecule has 152 valence electrons. The molecule has 2 aromatic heterocycles. The van der Waals surface area contributed by atoms with Gasteiger partial charge in [0.1, 0.15) is 24.1 Å². The van der Waals surface area contributed by atoms with Crippen molar-refractivity contribution >= 4 is 23.8 Å². The van der Waals surface area contributed by atoms with E-state index in [4.69, 9.17) is 9.84 Å². The molecule has 9 nitrogen and oxygen atoms in total. The summed E-state index contributed by atoms with van der Waals surface area (Å²) >= 11 is 0. The molecule has 0 saturated carbocycles. The summed E-state index contributed by atoms with van der Waals surface area (Å²) in [7, 11) is 0. The number of nitrogens with one attached hydrogen (secondary N) is 1. The van der Waals surface area contributed by atoms with Crippen molar-refractivity contribution in [1.82, 2.24) is 15.0 Å². The van der Waals surface area contributed by atoms with Gasteiger partial charge in [0, 0.05) is 29.6 Å². The van der Waals surface area contributed by atoms with Gasteiger partial charge in [-0.05, 0) is 24.3 Å². The van der Waals surface area contributed by atoms with Crippen LogP contribution in [-0.4, -0.2) is 51.6 Å². The number of halogens is 1. The van der Waals surface area contributed by atoms with Crippen molar-refractivity contribution < 1.29 is 19.0 Å². The maximum Gasteiger partial charge on any atom is 0.414 e. The fourth-order valence-electron chi connectivity index (χ4n) is 2.90. The zero-order valence-electron chi connectivity index (χ0n) is 15.6. The molecule has 1 amide bonds. The van der Waals surface area contributed by atoms with E-state index in [1.165, 1.54) is 29.7 Å². The number of hydrogen-bond acceptors (Lipinski definition) is 8. The highest BCUT2D eigenvalue weighted by Crippen LogP contribution is 2.28. The predicted octanol–water partition coefficient (Wildman–Crippen LogP) is 2.44. The van der Waals surface area contributed by atoms with Gasteiger partial charge in [-0.15, -0.1) is 0 Å². The minimum atomic E-state index is -0.609. The lowest BCUT2D eigenvalue weighted by molar-refractivity contribution is 0.0963. The Morgan fingerprint density at radius 1 is 1.30 bits per heavy atom. The molecule has 10 heteroatoms. The van der Waals surface area contributed by atoms with E-state index in [2.05, 4.69) is 25.5 Å². The highest BCUT2D eigenvalue weighted by Gasteiger charge is 2.32. The molecule has 0 aliphatic carbocycles. The van der Waals surface area contributed by atoms with E-state index in [1.807, 2.05) is 0 Å². The van der Waals surface area contributed by atoms with Gasteiger partial charge in [-0.1, -0.05) is 6.07 Å². The minimum Gasteiger partial charge on any atom is -0.441 e. The summed E-state index contributed by atoms with van der Waals surface area (Å²) in [6, 6.07) is 9.57. The summed E-state index contributed by atoms with van der Waals surface area (Å²) in [6.45, 7) is -0.106. The molecule has 0 spiro atoms. The van der Waals surface area contributed by atoms with Crippen molar-refractivity contribution in [3.8, 4) is 11.1 Å². The van der Waals surface area contributed by atoms with Crippen molar-refractivity contribution in [3.05, 3.63) is 66.6 Å². The molecule has 1 fully saturated rings. The summed E-state index contributed by atoms with van der Waals surface area (Å²) < 4.78 is 19.7. The summed E-state index contributed by atoms with van der Waals surface area (Å²) in [5.74, 6) is 0.0496. The average Bonchev–Trinajstić information content (AvgIpc) is 3.16. The third-order valence-electron chi connectivity index (χ3n) is 4.40. The van der Waals surface area contributed by atoms with Gasteiger partial charge in [0.15, 0.2) is 0 Å². The van der Waals surface area contributed by atoms with E-state index in [0.29, 0.717) is 28.3 Å². The minimum absolute atomic E-state index is 0.173. The highest BCUT2D eigenvalue weighted by molar-refractivity contribution is 5.90.